The zero-order chi connectivity index (χ0) is 96.3. The molecule has 31 nitrogen and oxygen atoms in total. The number of sulfonamides is 1. The molecule has 0 saturated heterocycles. The van der Waals surface area contributed by atoms with Crippen LogP contribution in [0.5, 0.6) is 0 Å². The van der Waals surface area contributed by atoms with Gasteiger partial charge < -0.3 is 51.5 Å². The molecule has 20 aromatic rings. The van der Waals surface area contributed by atoms with Crippen LogP contribution in [-0.2, 0) is 21.3 Å². The number of aryl methyl sites for hydroxylation is 8. The van der Waals surface area contributed by atoms with Gasteiger partial charge in [0.25, 0.3) is 5.91 Å². The van der Waals surface area contributed by atoms with Crippen LogP contribution in [0.2, 0.25) is 0 Å². The third-order valence-electron chi connectivity index (χ3n) is 24.7. The fourth-order valence-electron chi connectivity index (χ4n) is 17.4. The Morgan fingerprint density at radius 1 is 0.435 bits per heavy atom. The molecular weight excluding hydrogens is 1760 g/mol. The molecule has 692 valence electrons. The number of ether oxygens (including phenoxy) is 1. The van der Waals surface area contributed by atoms with E-state index < -0.39 is 16.0 Å². The number of nitrogens with zero attached hydrogens (tertiary/aromatic N) is 18. The molecule has 17 aromatic heterocycles. The second kappa shape index (κ2) is 39.1. The van der Waals surface area contributed by atoms with E-state index in [0.29, 0.717) is 30.5 Å². The number of pyridine rings is 8. The molecule has 1 fully saturated rings. The van der Waals surface area contributed by atoms with Crippen molar-refractivity contribution in [3.63, 3.8) is 0 Å². The molecule has 0 bridgehead atoms. The van der Waals surface area contributed by atoms with Crippen molar-refractivity contribution in [1.29, 1.82) is 0 Å². The summed E-state index contributed by atoms with van der Waals surface area (Å²) in [4.78, 5) is 73.5. The number of fused-ring (bicyclic) bond motifs is 4. The molecule has 0 spiro atoms. The fourth-order valence-corrected chi connectivity index (χ4v) is 18.1. The van der Waals surface area contributed by atoms with Gasteiger partial charge in [0.15, 0.2) is 0 Å². The van der Waals surface area contributed by atoms with Crippen LogP contribution in [0.1, 0.15) is 158 Å². The van der Waals surface area contributed by atoms with E-state index in [9.17, 15) is 27.9 Å². The molecule has 32 heteroatoms. The van der Waals surface area contributed by atoms with Gasteiger partial charge in [-0.05, 0) is 235 Å². The van der Waals surface area contributed by atoms with Crippen molar-refractivity contribution in [2.45, 2.75) is 132 Å². The minimum absolute atomic E-state index is 0.0204. The normalized spacial score (nSPS) is 12.6. The molecule has 1 saturated carbocycles. The molecule has 0 aliphatic heterocycles. The van der Waals surface area contributed by atoms with Crippen molar-refractivity contribution in [2.24, 2.45) is 0 Å². The topological polar surface area (TPSA) is 392 Å². The Bertz CT molecular complexity index is 7930. The molecule has 1 aliphatic rings. The van der Waals surface area contributed by atoms with E-state index in [-0.39, 0.29) is 40.5 Å². The third-order valence-corrected chi connectivity index (χ3v) is 26.1. The molecule has 3 atom stereocenters. The highest BCUT2D eigenvalue weighted by atomic mass is 32.2. The number of aromatic carboxylic acids is 1. The van der Waals surface area contributed by atoms with Crippen LogP contribution >= 0.6 is 0 Å². The Morgan fingerprint density at radius 3 is 1.16 bits per heavy atom. The van der Waals surface area contributed by atoms with Gasteiger partial charge in [-0.1, -0.05) is 81.3 Å². The maximum Gasteiger partial charge on any atom is 0.338 e. The Balaban J connectivity index is 0.000000122. The lowest BCUT2D eigenvalue weighted by Gasteiger charge is -2.15. The Hall–Kier alpha value is -16.7. The van der Waals surface area contributed by atoms with Crippen LogP contribution in [0.15, 0.2) is 279 Å². The van der Waals surface area contributed by atoms with E-state index in [2.05, 4.69) is 143 Å². The molecule has 0 unspecified atom stereocenters. The molecule has 21 rings (SSSR count). The van der Waals surface area contributed by atoms with Crippen LogP contribution in [0.3, 0.4) is 0 Å². The minimum atomic E-state index is -3.52. The second-order valence-corrected chi connectivity index (χ2v) is 35.7. The molecule has 0 radical (unpaired) electrons. The lowest BCUT2D eigenvalue weighted by molar-refractivity contribution is 0.0525. The first-order chi connectivity index (χ1) is 66.8. The number of aromatic nitrogens is 18. The SMILES string of the molecule is CCOC(=O)c1ccc(-c2cn([C@@H](C)c3ccccn3)c3cc(-c4c(C)noc4C)cnc23)cc1.CNS(=O)(=O)c1ccc(-c2cn([C@@H](C)c3ccccn3)c3cc(-c4c(C)noc4C)cnc23)cc1.Cc1noc(C)c1-c1cnc2c(-c3ccc(C(=O)NC4CC4)nc3)cn([C@@H](C)c3ccccn3)c2c1.Cc1noc(C)c1-c1cnc2c(-c3ccc(C(=O)O)cc3)cn(Cc3cccnn3)c2c1. The smallest absolute Gasteiger partial charge is 0.338 e. The number of hydrogen-bond acceptors (Lipinski definition) is 24. The van der Waals surface area contributed by atoms with E-state index in [1.165, 1.54) is 7.05 Å². The summed E-state index contributed by atoms with van der Waals surface area (Å²) >= 11 is 0. The maximum absolute atomic E-state index is 12.4. The molecule has 1 aliphatic carbocycles. The largest absolute Gasteiger partial charge is 0.478 e. The first kappa shape index (κ1) is 91.7. The van der Waals surface area contributed by atoms with Gasteiger partial charge >= 0.3 is 11.9 Å². The Morgan fingerprint density at radius 2 is 0.812 bits per heavy atom. The number of amides is 1. The lowest BCUT2D eigenvalue weighted by atomic mass is 10.0. The summed E-state index contributed by atoms with van der Waals surface area (Å²) in [5.74, 6) is 1.58. The van der Waals surface area contributed by atoms with Gasteiger partial charge in [0.1, 0.15) is 28.7 Å². The number of benzene rings is 3. The van der Waals surface area contributed by atoms with Gasteiger partial charge in [0.2, 0.25) is 10.0 Å². The molecule has 3 N–H and O–H groups in total. The van der Waals surface area contributed by atoms with Gasteiger partial charge in [-0.3, -0.25) is 44.7 Å². The zero-order valence-electron chi connectivity index (χ0n) is 77.9. The van der Waals surface area contributed by atoms with E-state index in [4.69, 9.17) is 42.8 Å². The number of carboxylic acid groups (broad SMARTS) is 1. The summed E-state index contributed by atoms with van der Waals surface area (Å²) in [6.07, 6.45) is 26.5. The predicted molar refractivity (Wildman–Crippen MR) is 523 cm³/mol. The monoisotopic (exact) mass is 1860 g/mol. The van der Waals surface area contributed by atoms with Crippen LogP contribution in [0.25, 0.3) is 133 Å². The Labute approximate surface area is 793 Å². The molecule has 17 heterocycles. The van der Waals surface area contributed by atoms with Crippen molar-refractivity contribution in [2.75, 3.05) is 13.7 Å². The van der Waals surface area contributed by atoms with Gasteiger partial charge in [-0.25, -0.2) is 22.7 Å². The molecule has 3 aromatic carbocycles. The van der Waals surface area contributed by atoms with E-state index in [1.54, 1.807) is 105 Å². The average Bonchev–Trinajstić information content (AvgIpc) is 1.61. The van der Waals surface area contributed by atoms with Gasteiger partial charge in [-0.15, -0.1) is 0 Å². The fraction of sp³-hybridized carbons (Fsp3) is 0.198. The number of esters is 1. The summed E-state index contributed by atoms with van der Waals surface area (Å²) in [5.41, 5.74) is 30.1. The van der Waals surface area contributed by atoms with Crippen molar-refractivity contribution in [1.82, 2.24) is 99.0 Å². The lowest BCUT2D eigenvalue weighted by Crippen LogP contribution is -2.26. The first-order valence-electron chi connectivity index (χ1n) is 44.9. The third kappa shape index (κ3) is 18.7. The summed E-state index contributed by atoms with van der Waals surface area (Å²) < 4.78 is 62.0. The summed E-state index contributed by atoms with van der Waals surface area (Å²) in [6, 6.07) is 54.9. The van der Waals surface area contributed by atoms with Gasteiger partial charge in [0, 0.05) is 159 Å². The van der Waals surface area contributed by atoms with Crippen molar-refractivity contribution in [3.8, 4) is 89.0 Å². The average molecular weight is 1860 g/mol. The van der Waals surface area contributed by atoms with E-state index >= 15 is 0 Å². The summed E-state index contributed by atoms with van der Waals surface area (Å²) in [7, 11) is -2.12. The van der Waals surface area contributed by atoms with Crippen LogP contribution < -0.4 is 10.0 Å². The maximum atomic E-state index is 12.4. The van der Waals surface area contributed by atoms with E-state index in [0.717, 1.165) is 215 Å². The van der Waals surface area contributed by atoms with Gasteiger partial charge in [0.05, 0.1) is 137 Å². The number of nitrogens with one attached hydrogen (secondary N) is 2. The van der Waals surface area contributed by atoms with Crippen molar-refractivity contribution in [3.05, 3.63) is 342 Å². The zero-order valence-corrected chi connectivity index (χ0v) is 78.7. The number of carbonyl (C=O) groups excluding carboxylic acids is 2. The van der Waals surface area contributed by atoms with Crippen LogP contribution in [0, 0.1) is 55.4 Å². The van der Waals surface area contributed by atoms with Crippen LogP contribution in [-0.4, -0.2) is 140 Å². The van der Waals surface area contributed by atoms with Gasteiger partial charge in [-0.2, -0.15) is 10.2 Å². The molecule has 138 heavy (non-hydrogen) atoms. The second-order valence-electron chi connectivity index (χ2n) is 33.8. The first-order valence-corrected chi connectivity index (χ1v) is 46.4. The minimum Gasteiger partial charge on any atom is -0.478 e. The highest BCUT2D eigenvalue weighted by molar-refractivity contribution is 7.89. The van der Waals surface area contributed by atoms with Crippen molar-refractivity contribution >= 4 is 72.0 Å². The highest BCUT2D eigenvalue weighted by Crippen LogP contribution is 2.43. The number of hydrogen-bond donors (Lipinski definition) is 3. The summed E-state index contributed by atoms with van der Waals surface area (Å²) in [5, 5.41) is 36.8. The standard InChI is InChI=1S/C28H26N6O2.C28H26N4O3.C26H25N5O3S.C24H19N5O3/c1-16-26(18(3)36-33-16)20-12-25-27(31-14-20)22(15-34(25)17(2)23-6-4-5-11-29-23)19-7-10-24(30-13-19)28(35)32-21-8-9-21;1-5-34-28(33)21-11-9-20(10-12-21)23-16-32(18(3)24-8-6-7-13-29-24)25-14-22(15-30-27(23)25)26-17(2)31-35-19(26)4;1-16-25(18(3)34-30-16)20-13-24-26(29-14-20)22(15-31(24)17(2)23-7-5-6-12-28-23)19-8-10-21(11-9-19)35(32,33)27-4;1-14-22(15(2)32-28-14)18-10-21-23(25-11-18)20(16-5-7-17(8-6-16)24(30)31)13-29(21)12-19-4-3-9-26-27-19/h4-7,10-15,17,21H,8-9H2,1-3H3,(H,32,35);6-16,18H,5H2,1-4H3;5-15,17,27H,1-4H3;3-11,13H,12H2,1-2H3,(H,30,31)/t17-;18-;17-;/m000./s1. The quantitative estimate of drug-likeness (QED) is 0.0501. The highest BCUT2D eigenvalue weighted by Gasteiger charge is 2.29. The van der Waals surface area contributed by atoms with Crippen LogP contribution in [0.4, 0.5) is 0 Å². The molecule has 1 amide bonds. The summed E-state index contributed by atoms with van der Waals surface area (Å²) in [6.45, 7) is 24.3. The number of carbonyl (C=O) groups is 3. The Kier molecular flexibility index (Phi) is 26.0. The molecular formula is C106H96N20O11S. The predicted octanol–water partition coefficient (Wildman–Crippen LogP) is 20.8. The number of rotatable bonds is 23. The number of carboxylic acids is 1. The van der Waals surface area contributed by atoms with Crippen molar-refractivity contribution < 1.29 is 50.7 Å². The van der Waals surface area contributed by atoms with E-state index in [1.807, 2.05) is 171 Å².